The maximum atomic E-state index is 10.5. The van der Waals surface area contributed by atoms with Crippen LogP contribution in [-0.4, -0.2) is 17.1 Å². The number of rotatable bonds is 2. The third-order valence-electron chi connectivity index (χ3n) is 2.51. The van der Waals surface area contributed by atoms with Gasteiger partial charge in [0.2, 0.25) is 0 Å². The third kappa shape index (κ3) is 1.71. The van der Waals surface area contributed by atoms with E-state index in [9.17, 15) is 4.79 Å². The number of benzene rings is 1. The van der Waals surface area contributed by atoms with Crippen LogP contribution in [0.25, 0.3) is 0 Å². The van der Waals surface area contributed by atoms with Crippen LogP contribution in [0.5, 0.6) is 0 Å². The molecule has 2 rings (SSSR count). The van der Waals surface area contributed by atoms with E-state index in [-0.39, 0.29) is 12.5 Å². The molecule has 0 spiro atoms. The fraction of sp³-hybridized carbons (Fsp3) is 0.364. The first kappa shape index (κ1) is 9.06. The van der Waals surface area contributed by atoms with Gasteiger partial charge in [0.1, 0.15) is 0 Å². The molecule has 0 saturated heterocycles. The molecule has 1 heterocycles. The smallest absolute Gasteiger partial charge is 0.305 e. The Kier molecular flexibility index (Phi) is 2.15. The zero-order valence-corrected chi connectivity index (χ0v) is 8.08. The number of carboxylic acid groups (broad SMARTS) is 1. The first-order valence-corrected chi connectivity index (χ1v) is 4.73. The summed E-state index contributed by atoms with van der Waals surface area (Å²) in [7, 11) is 0. The highest BCUT2D eigenvalue weighted by Gasteiger charge is 2.22. The molecular weight excluding hydrogens is 178 g/mol. The summed E-state index contributed by atoms with van der Waals surface area (Å²) in [5.74, 6) is -0.743. The monoisotopic (exact) mass is 191 g/mol. The summed E-state index contributed by atoms with van der Waals surface area (Å²) in [5.41, 5.74) is 3.52. The van der Waals surface area contributed by atoms with E-state index in [1.165, 1.54) is 11.1 Å². The van der Waals surface area contributed by atoms with Crippen molar-refractivity contribution in [3.8, 4) is 0 Å². The molecule has 3 heteroatoms. The largest absolute Gasteiger partial charge is 0.481 e. The first-order valence-electron chi connectivity index (χ1n) is 4.73. The molecule has 1 unspecified atom stereocenters. The molecule has 3 nitrogen and oxygen atoms in total. The van der Waals surface area contributed by atoms with Crippen molar-refractivity contribution in [2.45, 2.75) is 25.8 Å². The predicted molar refractivity (Wildman–Crippen MR) is 54.5 cm³/mol. The van der Waals surface area contributed by atoms with Crippen molar-refractivity contribution in [3.05, 3.63) is 29.3 Å². The normalized spacial score (nSPS) is 18.8. The van der Waals surface area contributed by atoms with Crippen LogP contribution in [0.15, 0.2) is 18.2 Å². The minimum atomic E-state index is -0.743. The van der Waals surface area contributed by atoms with E-state index >= 15 is 0 Å². The van der Waals surface area contributed by atoms with E-state index in [4.69, 9.17) is 5.11 Å². The highest BCUT2D eigenvalue weighted by molar-refractivity contribution is 5.70. The summed E-state index contributed by atoms with van der Waals surface area (Å²) < 4.78 is 0. The molecule has 1 atom stereocenters. The van der Waals surface area contributed by atoms with Crippen LogP contribution in [0.4, 0.5) is 5.69 Å². The lowest BCUT2D eigenvalue weighted by molar-refractivity contribution is -0.137. The van der Waals surface area contributed by atoms with Crippen molar-refractivity contribution in [2.75, 3.05) is 5.32 Å². The topological polar surface area (TPSA) is 49.3 Å². The van der Waals surface area contributed by atoms with Gasteiger partial charge in [-0.15, -0.1) is 0 Å². The Morgan fingerprint density at radius 2 is 2.43 bits per heavy atom. The van der Waals surface area contributed by atoms with Gasteiger partial charge in [0.25, 0.3) is 0 Å². The Bertz CT molecular complexity index is 374. The van der Waals surface area contributed by atoms with Gasteiger partial charge < -0.3 is 10.4 Å². The van der Waals surface area contributed by atoms with Crippen LogP contribution in [0.2, 0.25) is 0 Å². The van der Waals surface area contributed by atoms with Crippen molar-refractivity contribution in [2.24, 2.45) is 0 Å². The summed E-state index contributed by atoms with van der Waals surface area (Å²) in [6.07, 6.45) is 1.01. The molecule has 1 aliphatic rings. The minimum absolute atomic E-state index is 0.0595. The van der Waals surface area contributed by atoms with Crippen LogP contribution in [-0.2, 0) is 11.2 Å². The van der Waals surface area contributed by atoms with Crippen LogP contribution in [0, 0.1) is 6.92 Å². The molecular formula is C11H13NO2. The van der Waals surface area contributed by atoms with E-state index in [2.05, 4.69) is 23.5 Å². The fourth-order valence-electron chi connectivity index (χ4n) is 1.87. The number of carboxylic acids is 1. The number of anilines is 1. The number of nitrogens with one attached hydrogen (secondary N) is 1. The second kappa shape index (κ2) is 3.33. The number of aliphatic carboxylic acids is 1. The lowest BCUT2D eigenvalue weighted by atomic mass is 10.1. The minimum Gasteiger partial charge on any atom is -0.481 e. The second-order valence-corrected chi connectivity index (χ2v) is 3.80. The predicted octanol–water partition coefficient (Wildman–Crippen LogP) is 1.81. The number of carbonyl (C=O) groups is 1. The molecule has 1 aromatic rings. The van der Waals surface area contributed by atoms with Crippen LogP contribution in [0.3, 0.4) is 0 Å². The average molecular weight is 191 g/mol. The standard InChI is InChI=1S/C11H13NO2/c1-7-2-3-8-5-9(6-11(13)14)12-10(8)4-7/h2-4,9,12H,5-6H2,1H3,(H,13,14). The van der Waals surface area contributed by atoms with E-state index < -0.39 is 5.97 Å². The van der Waals surface area contributed by atoms with Gasteiger partial charge in [0.15, 0.2) is 0 Å². The molecule has 1 aromatic carbocycles. The zero-order chi connectivity index (χ0) is 10.1. The van der Waals surface area contributed by atoms with Crippen molar-refractivity contribution in [1.29, 1.82) is 0 Å². The molecule has 0 radical (unpaired) electrons. The van der Waals surface area contributed by atoms with Crippen LogP contribution in [0.1, 0.15) is 17.5 Å². The van der Waals surface area contributed by atoms with E-state index in [1.807, 2.05) is 6.92 Å². The summed E-state index contributed by atoms with van der Waals surface area (Å²) in [6.45, 7) is 2.03. The van der Waals surface area contributed by atoms with Gasteiger partial charge in [0.05, 0.1) is 6.42 Å². The highest BCUT2D eigenvalue weighted by atomic mass is 16.4. The zero-order valence-electron chi connectivity index (χ0n) is 8.08. The Morgan fingerprint density at radius 1 is 1.64 bits per heavy atom. The summed E-state index contributed by atoms with van der Waals surface area (Å²) >= 11 is 0. The van der Waals surface area contributed by atoms with Gasteiger partial charge in [-0.3, -0.25) is 4.79 Å². The molecule has 2 N–H and O–H groups in total. The molecule has 0 fully saturated rings. The van der Waals surface area contributed by atoms with Gasteiger partial charge in [-0.25, -0.2) is 0 Å². The first-order chi connectivity index (χ1) is 6.65. The maximum Gasteiger partial charge on any atom is 0.305 e. The third-order valence-corrected chi connectivity index (χ3v) is 2.51. The molecule has 0 bridgehead atoms. The Hall–Kier alpha value is -1.51. The average Bonchev–Trinajstić information content (AvgIpc) is 2.44. The van der Waals surface area contributed by atoms with Gasteiger partial charge in [-0.1, -0.05) is 12.1 Å². The lowest BCUT2D eigenvalue weighted by Gasteiger charge is -2.06. The van der Waals surface area contributed by atoms with Crippen molar-refractivity contribution in [1.82, 2.24) is 0 Å². The summed E-state index contributed by atoms with van der Waals surface area (Å²) in [5, 5.41) is 11.9. The summed E-state index contributed by atoms with van der Waals surface area (Å²) in [4.78, 5) is 10.5. The maximum absolute atomic E-state index is 10.5. The Labute approximate surface area is 82.8 Å². The molecule has 0 amide bonds. The van der Waals surface area contributed by atoms with E-state index in [0.717, 1.165) is 12.1 Å². The summed E-state index contributed by atoms with van der Waals surface area (Å²) in [6, 6.07) is 6.25. The molecule has 0 aliphatic carbocycles. The van der Waals surface area contributed by atoms with Crippen LogP contribution >= 0.6 is 0 Å². The number of hydrogen-bond donors (Lipinski definition) is 2. The molecule has 1 aliphatic heterocycles. The number of fused-ring (bicyclic) bond motifs is 1. The SMILES string of the molecule is Cc1ccc2c(c1)NC(CC(=O)O)C2. The molecule has 74 valence electrons. The van der Waals surface area contributed by atoms with E-state index in [1.54, 1.807) is 0 Å². The lowest BCUT2D eigenvalue weighted by Crippen LogP contribution is -2.19. The van der Waals surface area contributed by atoms with Gasteiger partial charge in [0, 0.05) is 11.7 Å². The second-order valence-electron chi connectivity index (χ2n) is 3.80. The molecule has 0 aromatic heterocycles. The fourth-order valence-corrected chi connectivity index (χ4v) is 1.87. The number of hydrogen-bond acceptors (Lipinski definition) is 2. The Balaban J connectivity index is 2.14. The quantitative estimate of drug-likeness (QED) is 0.749. The Morgan fingerprint density at radius 3 is 3.14 bits per heavy atom. The van der Waals surface area contributed by atoms with Gasteiger partial charge in [-0.2, -0.15) is 0 Å². The molecule has 0 saturated carbocycles. The van der Waals surface area contributed by atoms with Crippen molar-refractivity contribution < 1.29 is 9.90 Å². The van der Waals surface area contributed by atoms with Crippen molar-refractivity contribution in [3.63, 3.8) is 0 Å². The number of aryl methyl sites for hydroxylation is 1. The van der Waals surface area contributed by atoms with Gasteiger partial charge >= 0.3 is 5.97 Å². The highest BCUT2D eigenvalue weighted by Crippen LogP contribution is 2.27. The van der Waals surface area contributed by atoms with E-state index in [0.29, 0.717) is 0 Å². The molecule has 14 heavy (non-hydrogen) atoms. The van der Waals surface area contributed by atoms with Gasteiger partial charge in [-0.05, 0) is 30.5 Å². The van der Waals surface area contributed by atoms with Crippen LogP contribution < -0.4 is 5.32 Å². The van der Waals surface area contributed by atoms with Crippen molar-refractivity contribution >= 4 is 11.7 Å².